The number of hydrogen-bond donors (Lipinski definition) is 1. The summed E-state index contributed by atoms with van der Waals surface area (Å²) in [6.45, 7) is 5.41. The van der Waals surface area contributed by atoms with E-state index in [0.29, 0.717) is 6.54 Å². The van der Waals surface area contributed by atoms with Gasteiger partial charge in [-0.1, -0.05) is 51.9 Å². The standard InChI is InChI=1S/C13H27NO/c1-3-4-5-6-7-8-9-10-11-14-12-13(2)15/h14H,3-12H2,1-2H3. The molecule has 0 atom stereocenters. The van der Waals surface area contributed by atoms with Crippen molar-refractivity contribution < 1.29 is 4.79 Å². The Bertz CT molecular complexity index is 145. The van der Waals surface area contributed by atoms with Gasteiger partial charge >= 0.3 is 0 Å². The quantitative estimate of drug-likeness (QED) is 0.533. The molecule has 0 saturated carbocycles. The fourth-order valence-corrected chi connectivity index (χ4v) is 1.65. The molecule has 0 aromatic heterocycles. The maximum Gasteiger partial charge on any atom is 0.143 e. The van der Waals surface area contributed by atoms with E-state index in [0.717, 1.165) is 6.54 Å². The van der Waals surface area contributed by atoms with E-state index in [1.54, 1.807) is 6.92 Å². The monoisotopic (exact) mass is 213 g/mol. The van der Waals surface area contributed by atoms with E-state index in [-0.39, 0.29) is 5.78 Å². The summed E-state index contributed by atoms with van der Waals surface area (Å²) in [5, 5.41) is 3.15. The minimum absolute atomic E-state index is 0.231. The Morgan fingerprint density at radius 2 is 1.47 bits per heavy atom. The third kappa shape index (κ3) is 13.6. The number of carbonyl (C=O) groups is 1. The Hall–Kier alpha value is -0.370. The second-order valence-electron chi connectivity index (χ2n) is 4.35. The summed E-state index contributed by atoms with van der Waals surface area (Å²) in [6.07, 6.45) is 10.8. The average Bonchev–Trinajstić information content (AvgIpc) is 2.20. The van der Waals surface area contributed by atoms with Crippen molar-refractivity contribution in [3.63, 3.8) is 0 Å². The van der Waals surface area contributed by atoms with Crippen molar-refractivity contribution in [2.75, 3.05) is 13.1 Å². The van der Waals surface area contributed by atoms with E-state index in [9.17, 15) is 4.79 Å². The highest BCUT2D eigenvalue weighted by Crippen LogP contribution is 2.07. The van der Waals surface area contributed by atoms with Crippen molar-refractivity contribution in [2.24, 2.45) is 0 Å². The van der Waals surface area contributed by atoms with E-state index >= 15 is 0 Å². The van der Waals surface area contributed by atoms with Gasteiger partial charge in [0.2, 0.25) is 0 Å². The zero-order valence-corrected chi connectivity index (χ0v) is 10.5. The smallest absolute Gasteiger partial charge is 0.143 e. The Kier molecular flexibility index (Phi) is 11.4. The molecule has 0 aliphatic rings. The lowest BCUT2D eigenvalue weighted by Crippen LogP contribution is -2.21. The van der Waals surface area contributed by atoms with Crippen LogP contribution in [0.5, 0.6) is 0 Å². The zero-order valence-electron chi connectivity index (χ0n) is 10.5. The lowest BCUT2D eigenvalue weighted by molar-refractivity contribution is -0.116. The molecule has 0 heterocycles. The van der Waals surface area contributed by atoms with Crippen LogP contribution in [0, 0.1) is 0 Å². The number of rotatable bonds is 11. The molecule has 0 saturated heterocycles. The first kappa shape index (κ1) is 14.6. The molecule has 0 radical (unpaired) electrons. The van der Waals surface area contributed by atoms with Crippen LogP contribution in [0.4, 0.5) is 0 Å². The molecule has 0 aliphatic carbocycles. The summed E-state index contributed by atoms with van der Waals surface area (Å²) < 4.78 is 0. The lowest BCUT2D eigenvalue weighted by atomic mass is 10.1. The van der Waals surface area contributed by atoms with Crippen LogP contribution in [-0.2, 0) is 4.79 Å². The van der Waals surface area contributed by atoms with Crippen LogP contribution in [0.15, 0.2) is 0 Å². The van der Waals surface area contributed by atoms with Crippen LogP contribution in [0.25, 0.3) is 0 Å². The molecule has 1 N–H and O–H groups in total. The Morgan fingerprint density at radius 3 is 2.00 bits per heavy atom. The second-order valence-corrected chi connectivity index (χ2v) is 4.35. The number of hydrogen-bond acceptors (Lipinski definition) is 2. The Labute approximate surface area is 94.8 Å². The van der Waals surface area contributed by atoms with E-state index in [4.69, 9.17) is 0 Å². The van der Waals surface area contributed by atoms with Crippen molar-refractivity contribution in [1.82, 2.24) is 5.32 Å². The van der Waals surface area contributed by atoms with E-state index < -0.39 is 0 Å². The SMILES string of the molecule is CCCCCCCCCCNCC(C)=O. The number of nitrogens with one attached hydrogen (secondary N) is 1. The summed E-state index contributed by atoms with van der Waals surface area (Å²) >= 11 is 0. The minimum atomic E-state index is 0.231. The van der Waals surface area contributed by atoms with Gasteiger partial charge in [-0.15, -0.1) is 0 Å². The van der Waals surface area contributed by atoms with Crippen LogP contribution in [0.3, 0.4) is 0 Å². The maximum absolute atomic E-state index is 10.6. The summed E-state index contributed by atoms with van der Waals surface area (Å²) in [7, 11) is 0. The van der Waals surface area contributed by atoms with Gasteiger partial charge in [-0.3, -0.25) is 4.79 Å². The summed E-state index contributed by atoms with van der Waals surface area (Å²) in [5.41, 5.74) is 0. The first-order valence-electron chi connectivity index (χ1n) is 6.47. The first-order chi connectivity index (χ1) is 7.27. The fourth-order valence-electron chi connectivity index (χ4n) is 1.65. The molecule has 0 amide bonds. The summed E-state index contributed by atoms with van der Waals surface area (Å²) in [4.78, 5) is 10.6. The van der Waals surface area contributed by atoms with Gasteiger partial charge in [0.05, 0.1) is 6.54 Å². The van der Waals surface area contributed by atoms with Gasteiger partial charge in [0.1, 0.15) is 5.78 Å². The second kappa shape index (κ2) is 11.7. The highest BCUT2D eigenvalue weighted by molar-refractivity contribution is 5.77. The number of ketones is 1. The number of carbonyl (C=O) groups excluding carboxylic acids is 1. The normalized spacial score (nSPS) is 10.5. The molecular formula is C13H27NO. The average molecular weight is 213 g/mol. The Balaban J connectivity index is 2.89. The topological polar surface area (TPSA) is 29.1 Å². The van der Waals surface area contributed by atoms with Crippen LogP contribution in [0.2, 0.25) is 0 Å². The summed E-state index contributed by atoms with van der Waals surface area (Å²) in [6, 6.07) is 0. The van der Waals surface area contributed by atoms with Gasteiger partial charge in [-0.05, 0) is 19.9 Å². The molecule has 0 unspecified atom stereocenters. The summed E-state index contributed by atoms with van der Waals surface area (Å²) in [5.74, 6) is 0.231. The molecule has 2 nitrogen and oxygen atoms in total. The largest absolute Gasteiger partial charge is 0.310 e. The van der Waals surface area contributed by atoms with Crippen molar-refractivity contribution in [2.45, 2.75) is 65.2 Å². The van der Waals surface area contributed by atoms with Crippen molar-refractivity contribution in [3.8, 4) is 0 Å². The van der Waals surface area contributed by atoms with E-state index in [1.165, 1.54) is 51.4 Å². The highest BCUT2D eigenvalue weighted by atomic mass is 16.1. The predicted octanol–water partition coefficient (Wildman–Crippen LogP) is 3.31. The van der Waals surface area contributed by atoms with E-state index in [1.807, 2.05) is 0 Å². The molecule has 0 bridgehead atoms. The number of unbranched alkanes of at least 4 members (excludes halogenated alkanes) is 7. The van der Waals surface area contributed by atoms with Crippen molar-refractivity contribution in [3.05, 3.63) is 0 Å². The molecule has 0 aliphatic heterocycles. The van der Waals surface area contributed by atoms with Crippen molar-refractivity contribution >= 4 is 5.78 Å². The molecule has 15 heavy (non-hydrogen) atoms. The van der Waals surface area contributed by atoms with Gasteiger partial charge in [0.15, 0.2) is 0 Å². The molecule has 0 fully saturated rings. The molecule has 0 rings (SSSR count). The van der Waals surface area contributed by atoms with Crippen LogP contribution >= 0.6 is 0 Å². The minimum Gasteiger partial charge on any atom is -0.310 e. The Morgan fingerprint density at radius 1 is 0.933 bits per heavy atom. The molecule has 0 aromatic carbocycles. The van der Waals surface area contributed by atoms with Crippen LogP contribution in [-0.4, -0.2) is 18.9 Å². The third-order valence-electron chi connectivity index (χ3n) is 2.58. The highest BCUT2D eigenvalue weighted by Gasteiger charge is 1.93. The van der Waals surface area contributed by atoms with Gasteiger partial charge in [0, 0.05) is 0 Å². The molecule has 2 heteroatoms. The van der Waals surface area contributed by atoms with Crippen LogP contribution in [0.1, 0.15) is 65.2 Å². The molecule has 90 valence electrons. The van der Waals surface area contributed by atoms with Crippen molar-refractivity contribution in [1.29, 1.82) is 0 Å². The van der Waals surface area contributed by atoms with Crippen LogP contribution < -0.4 is 5.32 Å². The molecular weight excluding hydrogens is 186 g/mol. The third-order valence-corrected chi connectivity index (χ3v) is 2.58. The van der Waals surface area contributed by atoms with E-state index in [2.05, 4.69) is 12.2 Å². The maximum atomic E-state index is 10.6. The van der Waals surface area contributed by atoms with Gasteiger partial charge < -0.3 is 5.32 Å². The predicted molar refractivity (Wildman–Crippen MR) is 66.2 cm³/mol. The molecule has 0 spiro atoms. The zero-order chi connectivity index (χ0) is 11.4. The number of Topliss-reactive ketones (excluding diaryl/α,β-unsaturated/α-hetero) is 1. The lowest BCUT2D eigenvalue weighted by Gasteiger charge is -2.02. The first-order valence-corrected chi connectivity index (χ1v) is 6.47. The van der Waals surface area contributed by atoms with Gasteiger partial charge in [-0.25, -0.2) is 0 Å². The fraction of sp³-hybridized carbons (Fsp3) is 0.923. The van der Waals surface area contributed by atoms with Gasteiger partial charge in [-0.2, -0.15) is 0 Å². The van der Waals surface area contributed by atoms with Gasteiger partial charge in [0.25, 0.3) is 0 Å². The molecule has 0 aromatic rings.